The van der Waals surface area contributed by atoms with Crippen molar-refractivity contribution in [3.8, 4) is 34.0 Å². The molecule has 0 spiro atoms. The number of nitrogens with zero attached hydrogens (tertiary/aromatic N) is 4. The van der Waals surface area contributed by atoms with Gasteiger partial charge in [0, 0.05) is 54.3 Å². The molecule has 0 aliphatic heterocycles. The van der Waals surface area contributed by atoms with Crippen molar-refractivity contribution in [3.63, 3.8) is 0 Å². The summed E-state index contributed by atoms with van der Waals surface area (Å²) in [5.74, 6) is 2.48. The van der Waals surface area contributed by atoms with Crippen molar-refractivity contribution < 1.29 is 0 Å². The highest BCUT2D eigenvalue weighted by Gasteiger charge is 2.27. The van der Waals surface area contributed by atoms with E-state index >= 15 is 0 Å². The Hall–Kier alpha value is -7.34. The van der Waals surface area contributed by atoms with E-state index < -0.39 is 0 Å². The lowest BCUT2D eigenvalue weighted by Crippen LogP contribution is -2.24. The molecule has 0 N–H and O–H groups in total. The Balaban J connectivity index is 0.980. The van der Waals surface area contributed by atoms with Crippen molar-refractivity contribution in [1.82, 2.24) is 19.9 Å². The number of hydrogen-bond acceptors (Lipinski definition) is 5. The highest BCUT2D eigenvalue weighted by molar-refractivity contribution is 7.17. The molecule has 5 heteroatoms. The molecule has 0 amide bonds. The van der Waals surface area contributed by atoms with Crippen LogP contribution in [0.1, 0.15) is 54.9 Å². The second-order valence-electron chi connectivity index (χ2n) is 17.6. The number of aromatic nitrogens is 4. The van der Waals surface area contributed by atoms with E-state index in [1.54, 1.807) is 0 Å². The van der Waals surface area contributed by atoms with Gasteiger partial charge in [0.15, 0.2) is 17.5 Å². The summed E-state index contributed by atoms with van der Waals surface area (Å²) in [7, 11) is 0. The second-order valence-corrected chi connectivity index (χ2v) is 18.6. The lowest BCUT2D eigenvalue weighted by atomic mass is 9.76. The first-order valence-electron chi connectivity index (χ1n) is 22.3. The molecule has 0 saturated heterocycles. The number of allylic oxidation sites excluding steroid dienone is 7. The van der Waals surface area contributed by atoms with Gasteiger partial charge >= 0.3 is 0 Å². The third kappa shape index (κ3) is 6.58. The molecule has 0 radical (unpaired) electrons. The minimum atomic E-state index is -0.0932. The minimum Gasteiger partial charge on any atom is -0.251 e. The molecule has 0 bridgehead atoms. The van der Waals surface area contributed by atoms with Gasteiger partial charge in [-0.3, -0.25) is 4.98 Å². The van der Waals surface area contributed by atoms with Crippen molar-refractivity contribution in [3.05, 3.63) is 214 Å². The summed E-state index contributed by atoms with van der Waals surface area (Å²) in [6, 6.07) is 49.6. The van der Waals surface area contributed by atoms with Crippen molar-refractivity contribution in [2.75, 3.05) is 0 Å². The van der Waals surface area contributed by atoms with E-state index in [-0.39, 0.29) is 5.41 Å². The van der Waals surface area contributed by atoms with Crippen molar-refractivity contribution in [2.45, 2.75) is 38.5 Å². The first kappa shape index (κ1) is 38.3. The predicted octanol–water partition coefficient (Wildman–Crippen LogP) is 13.2. The fourth-order valence-electron chi connectivity index (χ4n) is 9.83. The highest BCUT2D eigenvalue weighted by atomic mass is 32.1. The lowest BCUT2D eigenvalue weighted by Gasteiger charge is -2.28. The zero-order chi connectivity index (χ0) is 42.8. The summed E-state index contributed by atoms with van der Waals surface area (Å²) >= 11 is 1.92. The van der Waals surface area contributed by atoms with E-state index in [9.17, 15) is 0 Å². The van der Waals surface area contributed by atoms with Crippen LogP contribution in [0.15, 0.2) is 176 Å². The van der Waals surface area contributed by atoms with Gasteiger partial charge in [-0.1, -0.05) is 196 Å². The molecule has 9 aromatic rings. The standard InChI is InChI=1S/C59H44N4S/c1-37-25-30-48-51(35-37)64-55-52-45(21-13-14-24-50(52)60-54(53(48)55)49-36-42-17-9-10-20-44(42)46-22-11-12-23-47(46)49)38-26-28-40(29-27-38)57-61-56(39-15-5-3-6-16-39)62-58(63-57)41-31-33-59(2,34-32-41)43-18-7-4-8-19-43/h3-23,26-33,35-37H,24-25,34H2,1-2H3. The van der Waals surface area contributed by atoms with Gasteiger partial charge < -0.3 is 0 Å². The number of hydrogen-bond donors (Lipinski definition) is 0. The summed E-state index contributed by atoms with van der Waals surface area (Å²) in [4.78, 5) is 21.0. The molecule has 306 valence electrons. The van der Waals surface area contributed by atoms with E-state index in [2.05, 4.69) is 184 Å². The third-order valence-electron chi connectivity index (χ3n) is 13.3. The number of thiophene rings is 1. The molecule has 3 heterocycles. The van der Waals surface area contributed by atoms with Gasteiger partial charge in [-0.15, -0.1) is 11.3 Å². The molecule has 0 fully saturated rings. The Labute approximate surface area is 376 Å². The summed E-state index contributed by atoms with van der Waals surface area (Å²) in [6.45, 7) is 4.61. The van der Waals surface area contributed by atoms with Crippen LogP contribution in [0, 0.1) is 5.92 Å². The van der Waals surface area contributed by atoms with Gasteiger partial charge in [0.25, 0.3) is 0 Å². The van der Waals surface area contributed by atoms with Crippen LogP contribution >= 0.6 is 11.3 Å². The third-order valence-corrected chi connectivity index (χ3v) is 14.5. The van der Waals surface area contributed by atoms with Crippen molar-refractivity contribution >= 4 is 66.3 Å². The zero-order valence-corrected chi connectivity index (χ0v) is 36.6. The molecule has 4 nitrogen and oxygen atoms in total. The van der Waals surface area contributed by atoms with Gasteiger partial charge in [-0.25, -0.2) is 15.0 Å². The van der Waals surface area contributed by atoms with Crippen molar-refractivity contribution in [1.29, 1.82) is 0 Å². The summed E-state index contributed by atoms with van der Waals surface area (Å²) in [6.07, 6.45) is 21.0. The first-order valence-corrected chi connectivity index (χ1v) is 23.1. The van der Waals surface area contributed by atoms with Crippen LogP contribution in [0.25, 0.3) is 89.0 Å². The maximum atomic E-state index is 5.73. The number of fused-ring (bicyclic) bond motifs is 8. The Morgan fingerprint density at radius 1 is 0.656 bits per heavy atom. The SMILES string of the molecule is CC1C=c2sc3c4c(nc(-c5cc6ccccc6c6ccccc56)c3c2=CC1)CC=CC=C4c1ccc(-c2nc(C3=CCC(C)(c4ccccc4)C=C3)nc(-c3ccccc3)n2)cc1. The maximum absolute atomic E-state index is 5.73. The van der Waals surface area contributed by atoms with Crippen LogP contribution in [-0.2, 0) is 11.8 Å². The van der Waals surface area contributed by atoms with Crippen molar-refractivity contribution in [2.24, 2.45) is 5.92 Å². The lowest BCUT2D eigenvalue weighted by molar-refractivity contribution is 0.601. The number of rotatable bonds is 6. The largest absolute Gasteiger partial charge is 0.251 e. The number of benzene rings is 6. The molecule has 64 heavy (non-hydrogen) atoms. The molecular formula is C59H44N4S. The topological polar surface area (TPSA) is 51.6 Å². The molecule has 6 aromatic carbocycles. The smallest absolute Gasteiger partial charge is 0.164 e. The van der Waals surface area contributed by atoms with Gasteiger partial charge in [0.2, 0.25) is 0 Å². The quantitative estimate of drug-likeness (QED) is 0.157. The molecule has 2 unspecified atom stereocenters. The van der Waals surface area contributed by atoms with E-state index in [1.165, 1.54) is 63.6 Å². The van der Waals surface area contributed by atoms with Crippen LogP contribution in [0.3, 0.4) is 0 Å². The van der Waals surface area contributed by atoms with E-state index in [4.69, 9.17) is 19.9 Å². The Bertz CT molecular complexity index is 3600. The first-order chi connectivity index (χ1) is 31.5. The van der Waals surface area contributed by atoms with E-state index in [0.717, 1.165) is 52.9 Å². The van der Waals surface area contributed by atoms with Gasteiger partial charge in [0.1, 0.15) is 0 Å². The Morgan fingerprint density at radius 2 is 1.33 bits per heavy atom. The molecular weight excluding hydrogens is 797 g/mol. The normalized spacial score (nSPS) is 17.9. The molecule has 2 atom stereocenters. The van der Waals surface area contributed by atoms with E-state index in [0.29, 0.717) is 23.4 Å². The average molecular weight is 841 g/mol. The van der Waals surface area contributed by atoms with Crippen LogP contribution < -0.4 is 9.75 Å². The monoisotopic (exact) mass is 840 g/mol. The van der Waals surface area contributed by atoms with Crippen LogP contribution in [0.5, 0.6) is 0 Å². The molecule has 3 aromatic heterocycles. The second kappa shape index (κ2) is 15.5. The molecule has 12 rings (SSSR count). The average Bonchev–Trinajstić information content (AvgIpc) is 3.59. The summed E-state index contributed by atoms with van der Waals surface area (Å²) in [5, 5.41) is 7.57. The van der Waals surface area contributed by atoms with Gasteiger partial charge in [-0.2, -0.15) is 0 Å². The van der Waals surface area contributed by atoms with Crippen LogP contribution in [0.4, 0.5) is 0 Å². The number of pyridine rings is 1. The molecule has 3 aliphatic rings. The Morgan fingerprint density at radius 3 is 2.09 bits per heavy atom. The predicted molar refractivity (Wildman–Crippen MR) is 268 cm³/mol. The zero-order valence-electron chi connectivity index (χ0n) is 35.8. The Kier molecular flexibility index (Phi) is 9.27. The minimum absolute atomic E-state index is 0.0932. The fourth-order valence-corrected chi connectivity index (χ4v) is 11.3. The van der Waals surface area contributed by atoms with Crippen LogP contribution in [-0.4, -0.2) is 19.9 Å². The summed E-state index contributed by atoms with van der Waals surface area (Å²) in [5.41, 5.74) is 11.0. The maximum Gasteiger partial charge on any atom is 0.164 e. The van der Waals surface area contributed by atoms with E-state index in [1.807, 2.05) is 29.5 Å². The van der Waals surface area contributed by atoms with Crippen LogP contribution in [0.2, 0.25) is 0 Å². The van der Waals surface area contributed by atoms with Gasteiger partial charge in [-0.05, 0) is 68.3 Å². The summed E-state index contributed by atoms with van der Waals surface area (Å²) < 4.78 is 2.64. The fraction of sp³-hybridized carbons (Fsp3) is 0.119. The molecule has 3 aliphatic carbocycles. The molecule has 0 saturated carbocycles. The van der Waals surface area contributed by atoms with Gasteiger partial charge in [0.05, 0.1) is 11.4 Å². The highest BCUT2D eigenvalue weighted by Crippen LogP contribution is 2.43.